The van der Waals surface area contributed by atoms with Crippen LogP contribution in [0.5, 0.6) is 0 Å². The lowest BCUT2D eigenvalue weighted by molar-refractivity contribution is 1.06. The highest BCUT2D eigenvalue weighted by molar-refractivity contribution is 9.11. The molecule has 5 heteroatoms. The van der Waals surface area contributed by atoms with Crippen LogP contribution in [0, 0.1) is 4.77 Å². The Balaban J connectivity index is 2.38. The minimum atomic E-state index is 0.694. The zero-order valence-corrected chi connectivity index (χ0v) is 13.1. The first-order chi connectivity index (χ1) is 8.66. The van der Waals surface area contributed by atoms with E-state index in [1.165, 1.54) is 0 Å². The summed E-state index contributed by atoms with van der Waals surface area (Å²) >= 11 is 12.4. The number of benzene rings is 2. The van der Waals surface area contributed by atoms with E-state index in [1.807, 2.05) is 41.0 Å². The maximum absolute atomic E-state index is 5.40. The van der Waals surface area contributed by atoms with Crippen molar-refractivity contribution < 1.29 is 0 Å². The van der Waals surface area contributed by atoms with Gasteiger partial charge >= 0.3 is 0 Å². The Morgan fingerprint density at radius 2 is 1.83 bits per heavy atom. The van der Waals surface area contributed by atoms with Crippen LogP contribution in [0.3, 0.4) is 0 Å². The molecule has 0 fully saturated rings. The second-order valence-electron chi connectivity index (χ2n) is 3.88. The van der Waals surface area contributed by atoms with Crippen LogP contribution in [0.1, 0.15) is 0 Å². The highest BCUT2D eigenvalue weighted by Crippen LogP contribution is 2.28. The van der Waals surface area contributed by atoms with Crippen LogP contribution in [-0.2, 0) is 0 Å². The molecule has 2 aromatic carbocycles. The minimum absolute atomic E-state index is 0.694. The molecule has 0 aliphatic rings. The van der Waals surface area contributed by atoms with Gasteiger partial charge in [0.05, 0.1) is 16.7 Å². The molecule has 1 heterocycles. The molecular formula is C13H8Br2N2S. The predicted octanol–water partition coefficient (Wildman–Crippen LogP) is 5.21. The van der Waals surface area contributed by atoms with Crippen LogP contribution in [0.15, 0.2) is 51.4 Å². The first kappa shape index (κ1) is 12.1. The first-order valence-corrected chi connectivity index (χ1v) is 7.31. The number of fused-ring (bicyclic) bond motifs is 1. The van der Waals surface area contributed by atoms with E-state index in [0.29, 0.717) is 4.77 Å². The molecule has 1 aromatic heterocycles. The minimum Gasteiger partial charge on any atom is -0.330 e. The summed E-state index contributed by atoms with van der Waals surface area (Å²) in [5.41, 5.74) is 3.14. The highest BCUT2D eigenvalue weighted by atomic mass is 79.9. The van der Waals surface area contributed by atoms with Crippen molar-refractivity contribution in [3.8, 4) is 5.69 Å². The monoisotopic (exact) mass is 382 g/mol. The Morgan fingerprint density at radius 1 is 1.06 bits per heavy atom. The topological polar surface area (TPSA) is 20.7 Å². The van der Waals surface area contributed by atoms with Gasteiger partial charge in [0.1, 0.15) is 0 Å². The molecule has 0 saturated carbocycles. The van der Waals surface area contributed by atoms with E-state index >= 15 is 0 Å². The molecule has 0 spiro atoms. The van der Waals surface area contributed by atoms with Crippen LogP contribution in [0.25, 0.3) is 16.7 Å². The molecule has 2 nitrogen and oxygen atoms in total. The van der Waals surface area contributed by atoms with Gasteiger partial charge in [-0.1, -0.05) is 28.1 Å². The number of para-hydroxylation sites is 2. The summed E-state index contributed by atoms with van der Waals surface area (Å²) in [6, 6.07) is 14.1. The van der Waals surface area contributed by atoms with Crippen molar-refractivity contribution in [2.45, 2.75) is 0 Å². The number of nitrogens with zero attached hydrogens (tertiary/aromatic N) is 1. The SMILES string of the molecule is S=c1[nH]c2ccccc2n1-c1ccc(Br)cc1Br. The lowest BCUT2D eigenvalue weighted by Crippen LogP contribution is -1.95. The van der Waals surface area contributed by atoms with Crippen molar-refractivity contribution in [3.05, 3.63) is 56.2 Å². The fraction of sp³-hybridized carbons (Fsp3) is 0. The summed E-state index contributed by atoms with van der Waals surface area (Å²) in [7, 11) is 0. The van der Waals surface area contributed by atoms with E-state index in [-0.39, 0.29) is 0 Å². The van der Waals surface area contributed by atoms with Crippen molar-refractivity contribution in [2.24, 2.45) is 0 Å². The summed E-state index contributed by atoms with van der Waals surface area (Å²) in [4.78, 5) is 3.21. The van der Waals surface area contributed by atoms with Crippen LogP contribution < -0.4 is 0 Å². The third-order valence-corrected chi connectivity index (χ3v) is 4.15. The number of aromatic nitrogens is 2. The second-order valence-corrected chi connectivity index (χ2v) is 6.04. The van der Waals surface area contributed by atoms with Gasteiger partial charge in [-0.25, -0.2) is 0 Å². The quantitative estimate of drug-likeness (QED) is 0.571. The maximum atomic E-state index is 5.40. The molecule has 0 saturated heterocycles. The second kappa shape index (κ2) is 4.64. The summed E-state index contributed by atoms with van der Waals surface area (Å²) in [5.74, 6) is 0. The van der Waals surface area contributed by atoms with Gasteiger partial charge in [0, 0.05) is 8.95 Å². The van der Waals surface area contributed by atoms with Crippen LogP contribution in [0.4, 0.5) is 0 Å². The number of hydrogen-bond donors (Lipinski definition) is 1. The number of halogens is 2. The molecule has 0 bridgehead atoms. The highest BCUT2D eigenvalue weighted by Gasteiger charge is 2.09. The molecule has 3 aromatic rings. The molecule has 3 rings (SSSR count). The van der Waals surface area contributed by atoms with Gasteiger partial charge in [0.15, 0.2) is 4.77 Å². The number of imidazole rings is 1. The van der Waals surface area contributed by atoms with Crippen molar-refractivity contribution in [2.75, 3.05) is 0 Å². The predicted molar refractivity (Wildman–Crippen MR) is 83.9 cm³/mol. The molecule has 0 aliphatic heterocycles. The molecule has 1 N–H and O–H groups in total. The standard InChI is InChI=1S/C13H8Br2N2S/c14-8-5-6-11(9(15)7-8)17-12-4-2-1-3-10(12)16-13(17)18/h1-7H,(H,16,18). The van der Waals surface area contributed by atoms with E-state index in [9.17, 15) is 0 Å². The lowest BCUT2D eigenvalue weighted by Gasteiger charge is -2.07. The third kappa shape index (κ3) is 1.96. The number of aromatic amines is 1. The maximum Gasteiger partial charge on any atom is 0.182 e. The van der Waals surface area contributed by atoms with Crippen LogP contribution >= 0.6 is 44.1 Å². The Bertz CT molecular complexity index is 789. The fourth-order valence-corrected chi connectivity index (χ4v) is 3.49. The fourth-order valence-electron chi connectivity index (χ4n) is 1.96. The number of nitrogens with one attached hydrogen (secondary N) is 1. The van der Waals surface area contributed by atoms with Gasteiger partial charge in [0.2, 0.25) is 0 Å². The molecule has 0 amide bonds. The number of rotatable bonds is 1. The summed E-state index contributed by atoms with van der Waals surface area (Å²) in [6.45, 7) is 0. The molecule has 0 unspecified atom stereocenters. The van der Waals surface area contributed by atoms with Gasteiger partial charge in [0.25, 0.3) is 0 Å². The molecule has 0 atom stereocenters. The Hall–Kier alpha value is -0.910. The van der Waals surface area contributed by atoms with Crippen molar-refractivity contribution in [1.82, 2.24) is 9.55 Å². The average molecular weight is 384 g/mol. The van der Waals surface area contributed by atoms with Gasteiger partial charge in [-0.3, -0.25) is 4.57 Å². The van der Waals surface area contributed by atoms with E-state index in [2.05, 4.69) is 42.9 Å². The van der Waals surface area contributed by atoms with Gasteiger partial charge in [-0.05, 0) is 58.5 Å². The van der Waals surface area contributed by atoms with E-state index < -0.39 is 0 Å². The van der Waals surface area contributed by atoms with Crippen molar-refractivity contribution >= 4 is 55.1 Å². The van der Waals surface area contributed by atoms with Crippen LogP contribution in [0.2, 0.25) is 0 Å². The van der Waals surface area contributed by atoms with Crippen molar-refractivity contribution in [3.63, 3.8) is 0 Å². The lowest BCUT2D eigenvalue weighted by atomic mass is 10.3. The third-order valence-electron chi connectivity index (χ3n) is 2.74. The first-order valence-electron chi connectivity index (χ1n) is 5.32. The van der Waals surface area contributed by atoms with E-state index in [1.54, 1.807) is 0 Å². The Morgan fingerprint density at radius 3 is 2.61 bits per heavy atom. The van der Waals surface area contributed by atoms with E-state index in [4.69, 9.17) is 12.2 Å². The zero-order chi connectivity index (χ0) is 12.7. The number of H-pyrrole nitrogens is 1. The van der Waals surface area contributed by atoms with Gasteiger partial charge in [-0.15, -0.1) is 0 Å². The molecular weight excluding hydrogens is 376 g/mol. The van der Waals surface area contributed by atoms with Crippen LogP contribution in [-0.4, -0.2) is 9.55 Å². The summed E-state index contributed by atoms with van der Waals surface area (Å²) < 4.78 is 4.75. The smallest absolute Gasteiger partial charge is 0.182 e. The molecule has 90 valence electrons. The summed E-state index contributed by atoms with van der Waals surface area (Å²) in [5, 5.41) is 0. The van der Waals surface area contributed by atoms with Gasteiger partial charge in [-0.2, -0.15) is 0 Å². The Kier molecular flexibility index (Phi) is 3.13. The van der Waals surface area contributed by atoms with Crippen molar-refractivity contribution in [1.29, 1.82) is 0 Å². The van der Waals surface area contributed by atoms with E-state index in [0.717, 1.165) is 25.7 Å². The molecule has 0 radical (unpaired) electrons. The molecule has 18 heavy (non-hydrogen) atoms. The number of hydrogen-bond acceptors (Lipinski definition) is 1. The summed E-state index contributed by atoms with van der Waals surface area (Å²) in [6.07, 6.45) is 0. The average Bonchev–Trinajstić information content (AvgIpc) is 2.66. The zero-order valence-electron chi connectivity index (χ0n) is 9.15. The molecule has 0 aliphatic carbocycles. The Labute approximate surface area is 126 Å². The van der Waals surface area contributed by atoms with Gasteiger partial charge < -0.3 is 4.98 Å². The normalized spacial score (nSPS) is 11.0. The largest absolute Gasteiger partial charge is 0.330 e.